The topological polar surface area (TPSA) is 50.1 Å². The average molecular weight is 237 g/mol. The summed E-state index contributed by atoms with van der Waals surface area (Å²) in [6.07, 6.45) is 0.0918. The SMILES string of the molecule is N#Cc1ccc(C(C=O)Oc2ccccc2)cc1. The molecule has 18 heavy (non-hydrogen) atoms. The number of para-hydroxylation sites is 1. The van der Waals surface area contributed by atoms with Crippen LogP contribution in [0.3, 0.4) is 0 Å². The summed E-state index contributed by atoms with van der Waals surface area (Å²) < 4.78 is 5.57. The third kappa shape index (κ3) is 2.74. The smallest absolute Gasteiger partial charge is 0.179 e. The molecule has 0 saturated heterocycles. The zero-order valence-electron chi connectivity index (χ0n) is 9.61. The Bertz CT molecular complexity index is 555. The first-order valence-corrected chi connectivity index (χ1v) is 5.50. The molecule has 2 rings (SSSR count). The van der Waals surface area contributed by atoms with Gasteiger partial charge in [-0.1, -0.05) is 30.3 Å². The van der Waals surface area contributed by atoms with Crippen molar-refractivity contribution in [2.24, 2.45) is 0 Å². The molecule has 1 unspecified atom stereocenters. The highest BCUT2D eigenvalue weighted by Crippen LogP contribution is 2.20. The first-order chi connectivity index (χ1) is 8.83. The molecular formula is C15H11NO2. The van der Waals surface area contributed by atoms with Gasteiger partial charge in [-0.3, -0.25) is 4.79 Å². The number of nitriles is 1. The van der Waals surface area contributed by atoms with Crippen LogP contribution in [-0.2, 0) is 4.79 Å². The molecule has 0 amide bonds. The van der Waals surface area contributed by atoms with Gasteiger partial charge in [-0.25, -0.2) is 0 Å². The van der Waals surface area contributed by atoms with Gasteiger partial charge in [0.1, 0.15) is 5.75 Å². The van der Waals surface area contributed by atoms with E-state index in [1.165, 1.54) is 0 Å². The predicted octanol–water partition coefficient (Wildman–Crippen LogP) is 2.88. The van der Waals surface area contributed by atoms with E-state index in [2.05, 4.69) is 0 Å². The van der Waals surface area contributed by atoms with E-state index in [1.807, 2.05) is 24.3 Å². The number of hydrogen-bond acceptors (Lipinski definition) is 3. The van der Waals surface area contributed by atoms with Gasteiger partial charge in [-0.15, -0.1) is 0 Å². The first kappa shape index (κ1) is 11.9. The molecule has 0 heterocycles. The van der Waals surface area contributed by atoms with Crippen molar-refractivity contribution in [2.75, 3.05) is 0 Å². The number of ether oxygens (including phenoxy) is 1. The highest BCUT2D eigenvalue weighted by atomic mass is 16.5. The van der Waals surface area contributed by atoms with Gasteiger partial charge in [-0.05, 0) is 29.8 Å². The van der Waals surface area contributed by atoms with Gasteiger partial charge in [-0.2, -0.15) is 5.26 Å². The van der Waals surface area contributed by atoms with Crippen LogP contribution in [0.5, 0.6) is 5.75 Å². The Balaban J connectivity index is 2.18. The second kappa shape index (κ2) is 5.65. The molecule has 0 aliphatic carbocycles. The quantitative estimate of drug-likeness (QED) is 0.768. The minimum absolute atomic E-state index is 0.558. The Morgan fingerprint density at radius 2 is 1.72 bits per heavy atom. The molecule has 88 valence electrons. The highest BCUT2D eigenvalue weighted by molar-refractivity contribution is 5.61. The normalized spacial score (nSPS) is 11.3. The summed E-state index contributed by atoms with van der Waals surface area (Å²) in [4.78, 5) is 11.1. The Labute approximate surface area is 105 Å². The molecule has 2 aromatic rings. The van der Waals surface area contributed by atoms with Crippen molar-refractivity contribution in [2.45, 2.75) is 6.10 Å². The Morgan fingerprint density at radius 3 is 2.28 bits per heavy atom. The second-order valence-electron chi connectivity index (χ2n) is 3.72. The van der Waals surface area contributed by atoms with E-state index in [9.17, 15) is 4.79 Å². The lowest BCUT2D eigenvalue weighted by Gasteiger charge is -2.13. The molecule has 0 bridgehead atoms. The summed E-state index contributed by atoms with van der Waals surface area (Å²) in [6, 6.07) is 18.0. The lowest BCUT2D eigenvalue weighted by Crippen LogP contribution is -2.08. The van der Waals surface area contributed by atoms with Crippen molar-refractivity contribution in [1.29, 1.82) is 5.26 Å². The minimum Gasteiger partial charge on any atom is -0.478 e. The molecule has 1 atom stereocenters. The number of carbonyl (C=O) groups is 1. The minimum atomic E-state index is -0.653. The lowest BCUT2D eigenvalue weighted by atomic mass is 10.1. The molecule has 0 fully saturated rings. The predicted molar refractivity (Wildman–Crippen MR) is 67.0 cm³/mol. The number of aldehydes is 1. The van der Waals surface area contributed by atoms with Gasteiger partial charge < -0.3 is 4.74 Å². The largest absolute Gasteiger partial charge is 0.478 e. The van der Waals surface area contributed by atoms with E-state index in [1.54, 1.807) is 36.4 Å². The molecule has 0 spiro atoms. The maximum Gasteiger partial charge on any atom is 0.179 e. The van der Waals surface area contributed by atoms with Crippen LogP contribution in [0, 0.1) is 11.3 Å². The molecule has 0 radical (unpaired) electrons. The number of nitrogens with zero attached hydrogens (tertiary/aromatic N) is 1. The molecule has 2 aromatic carbocycles. The molecule has 0 aliphatic rings. The first-order valence-electron chi connectivity index (χ1n) is 5.50. The number of benzene rings is 2. The number of carbonyl (C=O) groups excluding carboxylic acids is 1. The van der Waals surface area contributed by atoms with E-state index < -0.39 is 6.10 Å². The fraction of sp³-hybridized carbons (Fsp3) is 0.0667. The van der Waals surface area contributed by atoms with Gasteiger partial charge in [0.15, 0.2) is 12.4 Å². The second-order valence-corrected chi connectivity index (χ2v) is 3.72. The Kier molecular flexibility index (Phi) is 3.72. The molecule has 0 N–H and O–H groups in total. The third-order valence-electron chi connectivity index (χ3n) is 2.50. The van der Waals surface area contributed by atoms with E-state index in [0.717, 1.165) is 11.8 Å². The van der Waals surface area contributed by atoms with Crippen molar-refractivity contribution in [3.05, 3.63) is 65.7 Å². The Morgan fingerprint density at radius 1 is 1.06 bits per heavy atom. The fourth-order valence-electron chi connectivity index (χ4n) is 1.57. The Hall–Kier alpha value is -2.60. The van der Waals surface area contributed by atoms with Crippen LogP contribution in [0.1, 0.15) is 17.2 Å². The van der Waals surface area contributed by atoms with Gasteiger partial charge in [0, 0.05) is 0 Å². The van der Waals surface area contributed by atoms with Crippen molar-refractivity contribution in [3.63, 3.8) is 0 Å². The molecule has 3 nitrogen and oxygen atoms in total. The van der Waals surface area contributed by atoms with Gasteiger partial charge in [0.05, 0.1) is 11.6 Å². The van der Waals surface area contributed by atoms with E-state index >= 15 is 0 Å². The van der Waals surface area contributed by atoms with Gasteiger partial charge in [0.25, 0.3) is 0 Å². The fourth-order valence-corrected chi connectivity index (χ4v) is 1.57. The van der Waals surface area contributed by atoms with Crippen LogP contribution in [0.4, 0.5) is 0 Å². The lowest BCUT2D eigenvalue weighted by molar-refractivity contribution is -0.113. The maximum atomic E-state index is 11.1. The van der Waals surface area contributed by atoms with E-state index in [0.29, 0.717) is 11.3 Å². The summed E-state index contributed by atoms with van der Waals surface area (Å²) in [5.74, 6) is 0.638. The molecule has 0 saturated carbocycles. The molecule has 0 aliphatic heterocycles. The monoisotopic (exact) mass is 237 g/mol. The average Bonchev–Trinajstić information content (AvgIpc) is 2.46. The summed E-state index contributed by atoms with van der Waals surface area (Å²) in [7, 11) is 0. The van der Waals surface area contributed by atoms with Crippen molar-refractivity contribution in [1.82, 2.24) is 0 Å². The molecular weight excluding hydrogens is 226 g/mol. The van der Waals surface area contributed by atoms with Crippen molar-refractivity contribution >= 4 is 6.29 Å². The number of rotatable bonds is 4. The van der Waals surface area contributed by atoms with Crippen LogP contribution in [0.15, 0.2) is 54.6 Å². The summed E-state index contributed by atoms with van der Waals surface area (Å²) in [5.41, 5.74) is 1.29. The highest BCUT2D eigenvalue weighted by Gasteiger charge is 2.11. The van der Waals surface area contributed by atoms with Crippen molar-refractivity contribution in [3.8, 4) is 11.8 Å². The molecule has 0 aromatic heterocycles. The summed E-state index contributed by atoms with van der Waals surface area (Å²) in [5, 5.41) is 8.71. The standard InChI is InChI=1S/C15H11NO2/c16-10-12-6-8-13(9-7-12)15(11-17)18-14-4-2-1-3-5-14/h1-9,11,15H. The van der Waals surface area contributed by atoms with Crippen molar-refractivity contribution < 1.29 is 9.53 Å². The van der Waals surface area contributed by atoms with E-state index in [4.69, 9.17) is 10.00 Å². The maximum absolute atomic E-state index is 11.1. The van der Waals surface area contributed by atoms with Gasteiger partial charge in [0.2, 0.25) is 0 Å². The van der Waals surface area contributed by atoms with E-state index in [-0.39, 0.29) is 0 Å². The number of hydrogen-bond donors (Lipinski definition) is 0. The third-order valence-corrected chi connectivity index (χ3v) is 2.50. The molecule has 3 heteroatoms. The van der Waals surface area contributed by atoms with Gasteiger partial charge >= 0.3 is 0 Å². The summed E-state index contributed by atoms with van der Waals surface area (Å²) in [6.45, 7) is 0. The zero-order valence-corrected chi connectivity index (χ0v) is 9.61. The van der Waals surface area contributed by atoms with Crippen LogP contribution in [0.2, 0.25) is 0 Å². The summed E-state index contributed by atoms with van der Waals surface area (Å²) >= 11 is 0. The van der Waals surface area contributed by atoms with Crippen LogP contribution in [-0.4, -0.2) is 6.29 Å². The zero-order chi connectivity index (χ0) is 12.8. The van der Waals surface area contributed by atoms with Crippen LogP contribution >= 0.6 is 0 Å². The van der Waals surface area contributed by atoms with Crippen LogP contribution < -0.4 is 4.74 Å². The van der Waals surface area contributed by atoms with Crippen LogP contribution in [0.25, 0.3) is 0 Å².